The van der Waals surface area contributed by atoms with Crippen LogP contribution in [0.2, 0.25) is 0 Å². The van der Waals surface area contributed by atoms with Gasteiger partial charge in [-0.15, -0.1) is 0 Å². The Morgan fingerprint density at radius 2 is 2.38 bits per heavy atom. The molecule has 0 saturated carbocycles. The highest BCUT2D eigenvalue weighted by atomic mass is 79.9. The molecule has 1 saturated heterocycles. The Balaban J connectivity index is 2.28. The Labute approximate surface area is 58.5 Å². The van der Waals surface area contributed by atoms with Crippen LogP contribution >= 0.6 is 15.9 Å². The first-order chi connectivity index (χ1) is 3.80. The van der Waals surface area contributed by atoms with Crippen LogP contribution in [0.5, 0.6) is 0 Å². The SMILES string of the molecule is C[C@@H]1OCCC[C@H]1Br. The first kappa shape index (κ1) is 6.56. The molecule has 0 unspecified atom stereocenters. The lowest BCUT2D eigenvalue weighted by atomic mass is 10.1. The number of ether oxygens (including phenoxy) is 1. The Hall–Kier alpha value is 0.440. The normalized spacial score (nSPS) is 39.8. The lowest BCUT2D eigenvalue weighted by Gasteiger charge is -2.23. The van der Waals surface area contributed by atoms with Crippen LogP contribution in [0.4, 0.5) is 0 Å². The number of hydrogen-bond acceptors (Lipinski definition) is 1. The second-order valence-electron chi connectivity index (χ2n) is 2.23. The van der Waals surface area contributed by atoms with E-state index in [0.29, 0.717) is 10.9 Å². The summed E-state index contributed by atoms with van der Waals surface area (Å²) in [5.74, 6) is 0. The summed E-state index contributed by atoms with van der Waals surface area (Å²) in [6.45, 7) is 3.06. The summed E-state index contributed by atoms with van der Waals surface area (Å²) in [7, 11) is 0. The van der Waals surface area contributed by atoms with Crippen molar-refractivity contribution >= 4 is 15.9 Å². The zero-order valence-electron chi connectivity index (χ0n) is 5.06. The van der Waals surface area contributed by atoms with Crippen molar-refractivity contribution in [2.45, 2.75) is 30.7 Å². The maximum absolute atomic E-state index is 5.34. The van der Waals surface area contributed by atoms with Gasteiger partial charge in [0.05, 0.1) is 6.10 Å². The summed E-state index contributed by atoms with van der Waals surface area (Å²) in [4.78, 5) is 0.594. The van der Waals surface area contributed by atoms with E-state index < -0.39 is 0 Å². The predicted octanol–water partition coefficient (Wildman–Crippen LogP) is 1.95. The molecule has 0 spiro atoms. The van der Waals surface area contributed by atoms with E-state index in [1.165, 1.54) is 12.8 Å². The molecule has 48 valence electrons. The van der Waals surface area contributed by atoms with E-state index in [1.807, 2.05) is 0 Å². The lowest BCUT2D eigenvalue weighted by Crippen LogP contribution is -2.26. The molecule has 1 rings (SSSR count). The van der Waals surface area contributed by atoms with E-state index in [4.69, 9.17) is 4.74 Å². The second kappa shape index (κ2) is 2.83. The van der Waals surface area contributed by atoms with Gasteiger partial charge >= 0.3 is 0 Å². The molecule has 0 N–H and O–H groups in total. The Morgan fingerprint density at radius 1 is 1.62 bits per heavy atom. The van der Waals surface area contributed by atoms with Gasteiger partial charge in [-0.2, -0.15) is 0 Å². The van der Waals surface area contributed by atoms with Crippen LogP contribution in [0, 0.1) is 0 Å². The summed E-state index contributed by atoms with van der Waals surface area (Å²) in [6.07, 6.45) is 2.89. The van der Waals surface area contributed by atoms with Crippen LogP contribution in [0.3, 0.4) is 0 Å². The van der Waals surface area contributed by atoms with Gasteiger partial charge in [-0.05, 0) is 19.8 Å². The molecule has 1 aliphatic heterocycles. The Kier molecular flexibility index (Phi) is 2.32. The van der Waals surface area contributed by atoms with Crippen LogP contribution in [-0.4, -0.2) is 17.5 Å². The van der Waals surface area contributed by atoms with Crippen molar-refractivity contribution in [1.29, 1.82) is 0 Å². The summed E-state index contributed by atoms with van der Waals surface area (Å²) in [5.41, 5.74) is 0. The minimum absolute atomic E-state index is 0.420. The summed E-state index contributed by atoms with van der Waals surface area (Å²) in [6, 6.07) is 0. The third-order valence-corrected chi connectivity index (χ3v) is 2.72. The first-order valence-electron chi connectivity index (χ1n) is 3.06. The maximum atomic E-state index is 5.34. The number of alkyl halides is 1. The molecule has 1 nitrogen and oxygen atoms in total. The van der Waals surface area contributed by atoms with Gasteiger partial charge < -0.3 is 4.74 Å². The Morgan fingerprint density at radius 3 is 2.75 bits per heavy atom. The molecule has 0 amide bonds. The molecule has 2 heteroatoms. The quantitative estimate of drug-likeness (QED) is 0.516. The van der Waals surface area contributed by atoms with E-state index in [1.54, 1.807) is 0 Å². The lowest BCUT2D eigenvalue weighted by molar-refractivity contribution is 0.0351. The van der Waals surface area contributed by atoms with Crippen molar-refractivity contribution in [1.82, 2.24) is 0 Å². The summed E-state index contributed by atoms with van der Waals surface area (Å²) < 4.78 is 5.34. The number of rotatable bonds is 0. The van der Waals surface area contributed by atoms with E-state index in [-0.39, 0.29) is 0 Å². The Bertz CT molecular complexity index is 64.9. The smallest absolute Gasteiger partial charge is 0.0671 e. The molecule has 2 atom stereocenters. The van der Waals surface area contributed by atoms with E-state index in [2.05, 4.69) is 22.9 Å². The molecule has 8 heavy (non-hydrogen) atoms. The van der Waals surface area contributed by atoms with Crippen LogP contribution < -0.4 is 0 Å². The van der Waals surface area contributed by atoms with Gasteiger partial charge in [-0.25, -0.2) is 0 Å². The molecular weight excluding hydrogens is 168 g/mol. The highest BCUT2D eigenvalue weighted by Crippen LogP contribution is 2.19. The van der Waals surface area contributed by atoms with E-state index >= 15 is 0 Å². The summed E-state index contributed by atoms with van der Waals surface area (Å²) >= 11 is 3.53. The van der Waals surface area contributed by atoms with Crippen LogP contribution in [0.25, 0.3) is 0 Å². The minimum atomic E-state index is 0.420. The largest absolute Gasteiger partial charge is 0.377 e. The highest BCUT2D eigenvalue weighted by molar-refractivity contribution is 9.09. The van der Waals surface area contributed by atoms with E-state index in [9.17, 15) is 0 Å². The molecular formula is C6H11BrO. The van der Waals surface area contributed by atoms with Crippen molar-refractivity contribution < 1.29 is 4.74 Å². The standard InChI is InChI=1S/C6H11BrO/c1-5-6(7)3-2-4-8-5/h5-6H,2-4H2,1H3/t5-,6+/m0/s1. The third-order valence-electron chi connectivity index (χ3n) is 1.51. The fraction of sp³-hybridized carbons (Fsp3) is 1.00. The van der Waals surface area contributed by atoms with Crippen LogP contribution in [-0.2, 0) is 4.74 Å². The topological polar surface area (TPSA) is 9.23 Å². The van der Waals surface area contributed by atoms with E-state index in [0.717, 1.165) is 6.61 Å². The van der Waals surface area contributed by atoms with Gasteiger partial charge in [0.2, 0.25) is 0 Å². The van der Waals surface area contributed by atoms with Gasteiger partial charge in [0.25, 0.3) is 0 Å². The first-order valence-corrected chi connectivity index (χ1v) is 3.98. The molecule has 0 aliphatic carbocycles. The van der Waals surface area contributed by atoms with Gasteiger partial charge in [-0.1, -0.05) is 15.9 Å². The molecule has 0 aromatic rings. The van der Waals surface area contributed by atoms with Crippen LogP contribution in [0.1, 0.15) is 19.8 Å². The zero-order chi connectivity index (χ0) is 5.98. The average Bonchev–Trinajstić information content (AvgIpc) is 1.77. The monoisotopic (exact) mass is 178 g/mol. The second-order valence-corrected chi connectivity index (χ2v) is 3.41. The fourth-order valence-electron chi connectivity index (χ4n) is 0.887. The van der Waals surface area contributed by atoms with Crippen LogP contribution in [0.15, 0.2) is 0 Å². The molecule has 1 heterocycles. The molecule has 0 radical (unpaired) electrons. The number of hydrogen-bond donors (Lipinski definition) is 0. The van der Waals surface area contributed by atoms with Crippen molar-refractivity contribution in [3.05, 3.63) is 0 Å². The van der Waals surface area contributed by atoms with Crippen molar-refractivity contribution in [2.24, 2.45) is 0 Å². The average molecular weight is 179 g/mol. The van der Waals surface area contributed by atoms with Gasteiger partial charge in [0.1, 0.15) is 0 Å². The molecule has 1 fully saturated rings. The molecule has 1 aliphatic rings. The number of halogens is 1. The van der Waals surface area contributed by atoms with Gasteiger partial charge in [0.15, 0.2) is 0 Å². The van der Waals surface area contributed by atoms with Crippen molar-refractivity contribution in [2.75, 3.05) is 6.61 Å². The van der Waals surface area contributed by atoms with Crippen molar-refractivity contribution in [3.8, 4) is 0 Å². The van der Waals surface area contributed by atoms with Crippen molar-refractivity contribution in [3.63, 3.8) is 0 Å². The zero-order valence-corrected chi connectivity index (χ0v) is 6.65. The molecule has 0 aromatic carbocycles. The highest BCUT2D eigenvalue weighted by Gasteiger charge is 2.17. The molecule has 0 bridgehead atoms. The third kappa shape index (κ3) is 1.46. The molecule has 0 aromatic heterocycles. The fourth-order valence-corrected chi connectivity index (χ4v) is 1.36. The van der Waals surface area contributed by atoms with Gasteiger partial charge in [-0.3, -0.25) is 0 Å². The maximum Gasteiger partial charge on any atom is 0.0671 e. The minimum Gasteiger partial charge on any atom is -0.377 e. The van der Waals surface area contributed by atoms with Gasteiger partial charge in [0, 0.05) is 11.4 Å². The predicted molar refractivity (Wildman–Crippen MR) is 37.4 cm³/mol. The summed E-state index contributed by atoms with van der Waals surface area (Å²) in [5, 5.41) is 0.